The molecule has 1 fully saturated rings. The second kappa shape index (κ2) is 10.0. The van der Waals surface area contributed by atoms with E-state index in [2.05, 4.69) is 24.9 Å². The Morgan fingerprint density at radius 3 is 2.35 bits per heavy atom. The largest absolute Gasteiger partial charge is 0.420 e. The van der Waals surface area contributed by atoms with E-state index in [1.165, 1.54) is 4.31 Å². The normalized spacial score (nSPS) is 15.2. The number of benzene rings is 2. The van der Waals surface area contributed by atoms with Crippen LogP contribution in [0, 0.1) is 11.3 Å². The number of aromatic nitrogens is 1. The smallest absolute Gasteiger partial charge is 0.243 e. The van der Waals surface area contributed by atoms with Crippen molar-refractivity contribution in [1.82, 2.24) is 9.29 Å². The number of oxazole rings is 1. The quantitative estimate of drug-likeness (QED) is 0.476. The fourth-order valence-corrected chi connectivity index (χ4v) is 5.38. The second-order valence-electron chi connectivity index (χ2n) is 8.29. The van der Waals surface area contributed by atoms with E-state index in [0.29, 0.717) is 29.9 Å². The van der Waals surface area contributed by atoms with Gasteiger partial charge in [0.05, 0.1) is 4.90 Å². The Kier molecular flexibility index (Phi) is 7.08. The zero-order chi connectivity index (χ0) is 24.3. The highest BCUT2D eigenvalue weighted by atomic mass is 35.5. The standard InChI is InChI=1S/C25H25ClN4O3S/c1-18(2)19-7-10-21(11-8-19)34(31,32)30-15-13-29(14-16-30)25-23(17-27)28-24(33-25)12-9-20-5-3-4-6-22(20)26/h3-12,18H,13-16H2,1-2H3. The van der Waals surface area contributed by atoms with Crippen LogP contribution in [0.3, 0.4) is 0 Å². The van der Waals surface area contributed by atoms with Crippen LogP contribution in [0.25, 0.3) is 12.2 Å². The van der Waals surface area contributed by atoms with Crippen molar-refractivity contribution < 1.29 is 12.8 Å². The van der Waals surface area contributed by atoms with Crippen LogP contribution in [0.2, 0.25) is 5.02 Å². The summed E-state index contributed by atoms with van der Waals surface area (Å²) in [5.41, 5.74) is 2.07. The number of sulfonamides is 1. The predicted molar refractivity (Wildman–Crippen MR) is 133 cm³/mol. The van der Waals surface area contributed by atoms with E-state index in [9.17, 15) is 13.7 Å². The lowest BCUT2D eigenvalue weighted by molar-refractivity contribution is 0.373. The van der Waals surface area contributed by atoms with Crippen LogP contribution in [0.4, 0.5) is 5.88 Å². The number of hydrogen-bond donors (Lipinski definition) is 0. The van der Waals surface area contributed by atoms with Crippen LogP contribution >= 0.6 is 11.6 Å². The molecular formula is C25H25ClN4O3S. The maximum Gasteiger partial charge on any atom is 0.243 e. The van der Waals surface area contributed by atoms with Gasteiger partial charge in [-0.2, -0.15) is 14.6 Å². The molecule has 0 bridgehead atoms. The molecule has 0 saturated carbocycles. The van der Waals surface area contributed by atoms with E-state index in [0.717, 1.165) is 11.1 Å². The van der Waals surface area contributed by atoms with Crippen LogP contribution in [0.1, 0.15) is 42.5 Å². The third kappa shape index (κ3) is 5.02. The number of piperazine rings is 1. The summed E-state index contributed by atoms with van der Waals surface area (Å²) in [5, 5.41) is 10.1. The molecule has 3 aromatic rings. The van der Waals surface area contributed by atoms with Crippen LogP contribution in [-0.2, 0) is 10.0 Å². The van der Waals surface area contributed by atoms with Gasteiger partial charge >= 0.3 is 0 Å². The molecule has 1 aromatic heterocycles. The van der Waals surface area contributed by atoms with E-state index in [-0.39, 0.29) is 29.6 Å². The summed E-state index contributed by atoms with van der Waals surface area (Å²) < 4.78 is 33.5. The number of halogens is 1. The van der Waals surface area contributed by atoms with E-state index in [1.54, 1.807) is 30.4 Å². The minimum atomic E-state index is -3.59. The van der Waals surface area contributed by atoms with Crippen molar-refractivity contribution in [1.29, 1.82) is 5.26 Å². The molecule has 1 saturated heterocycles. The maximum absolute atomic E-state index is 13.1. The molecular weight excluding hydrogens is 472 g/mol. The van der Waals surface area contributed by atoms with Crippen molar-refractivity contribution >= 4 is 39.7 Å². The van der Waals surface area contributed by atoms with Crippen molar-refractivity contribution in [2.24, 2.45) is 0 Å². The summed E-state index contributed by atoms with van der Waals surface area (Å²) in [4.78, 5) is 6.40. The molecule has 2 heterocycles. The Bertz CT molecular complexity index is 1330. The molecule has 1 aliphatic heterocycles. The molecule has 176 valence electrons. The lowest BCUT2D eigenvalue weighted by atomic mass is 10.0. The first-order valence-electron chi connectivity index (χ1n) is 11.0. The topological polar surface area (TPSA) is 90.4 Å². The first-order chi connectivity index (χ1) is 16.3. The highest BCUT2D eigenvalue weighted by molar-refractivity contribution is 7.89. The second-order valence-corrected chi connectivity index (χ2v) is 10.6. The summed E-state index contributed by atoms with van der Waals surface area (Å²) in [5.74, 6) is 0.965. The molecule has 34 heavy (non-hydrogen) atoms. The van der Waals surface area contributed by atoms with Gasteiger partial charge in [0, 0.05) is 37.3 Å². The van der Waals surface area contributed by atoms with Crippen molar-refractivity contribution in [2.45, 2.75) is 24.7 Å². The number of nitriles is 1. The van der Waals surface area contributed by atoms with Gasteiger partial charge in [-0.25, -0.2) is 8.42 Å². The van der Waals surface area contributed by atoms with Crippen LogP contribution in [-0.4, -0.2) is 43.9 Å². The third-order valence-corrected chi connectivity index (χ3v) is 8.01. The molecule has 0 amide bonds. The van der Waals surface area contributed by atoms with Gasteiger partial charge in [-0.05, 0) is 41.3 Å². The van der Waals surface area contributed by atoms with Crippen LogP contribution < -0.4 is 4.90 Å². The first kappa shape index (κ1) is 24.0. The number of anilines is 1. The molecule has 0 aliphatic carbocycles. The fourth-order valence-electron chi connectivity index (χ4n) is 3.76. The van der Waals surface area contributed by atoms with Gasteiger partial charge in [-0.15, -0.1) is 0 Å². The van der Waals surface area contributed by atoms with E-state index in [1.807, 2.05) is 35.2 Å². The summed E-state index contributed by atoms with van der Waals surface area (Å²) in [6.45, 7) is 5.48. The van der Waals surface area contributed by atoms with Crippen LogP contribution in [0.15, 0.2) is 57.8 Å². The van der Waals surface area contributed by atoms with Crippen LogP contribution in [0.5, 0.6) is 0 Å². The van der Waals surface area contributed by atoms with Gasteiger partial charge in [0.1, 0.15) is 6.07 Å². The molecule has 7 nitrogen and oxygen atoms in total. The van der Waals surface area contributed by atoms with Gasteiger partial charge in [0.25, 0.3) is 0 Å². The van der Waals surface area contributed by atoms with E-state index >= 15 is 0 Å². The zero-order valence-electron chi connectivity index (χ0n) is 19.0. The van der Waals surface area contributed by atoms with Gasteiger partial charge in [-0.1, -0.05) is 55.8 Å². The summed E-state index contributed by atoms with van der Waals surface area (Å²) in [6, 6.07) is 16.5. The Hall–Kier alpha value is -3.12. The van der Waals surface area contributed by atoms with Gasteiger partial charge < -0.3 is 9.32 Å². The lowest BCUT2D eigenvalue weighted by Gasteiger charge is -2.33. The molecule has 0 N–H and O–H groups in total. The Balaban J connectivity index is 1.46. The molecule has 4 rings (SSSR count). The zero-order valence-corrected chi connectivity index (χ0v) is 20.6. The Morgan fingerprint density at radius 1 is 1.06 bits per heavy atom. The molecule has 9 heteroatoms. The summed E-state index contributed by atoms with van der Waals surface area (Å²) >= 11 is 6.18. The highest BCUT2D eigenvalue weighted by Crippen LogP contribution is 2.27. The SMILES string of the molecule is CC(C)c1ccc(S(=O)(=O)N2CCN(c3oc(C=Cc4ccccc4Cl)nc3C#N)CC2)cc1. The monoisotopic (exact) mass is 496 g/mol. The van der Waals surface area contributed by atoms with Gasteiger partial charge in [0.2, 0.25) is 27.5 Å². The first-order valence-corrected chi connectivity index (χ1v) is 12.8. The third-order valence-electron chi connectivity index (χ3n) is 5.75. The fraction of sp³-hybridized carbons (Fsp3) is 0.280. The highest BCUT2D eigenvalue weighted by Gasteiger charge is 2.31. The summed E-state index contributed by atoms with van der Waals surface area (Å²) in [7, 11) is -3.59. The average molecular weight is 497 g/mol. The van der Waals surface area contributed by atoms with E-state index < -0.39 is 10.0 Å². The molecule has 2 aromatic carbocycles. The van der Waals surface area contributed by atoms with Crippen molar-refractivity contribution in [3.05, 3.63) is 76.3 Å². The molecule has 0 radical (unpaired) electrons. The minimum Gasteiger partial charge on any atom is -0.420 e. The molecule has 0 unspecified atom stereocenters. The molecule has 1 aliphatic rings. The number of rotatable bonds is 6. The molecule has 0 atom stereocenters. The van der Waals surface area contributed by atoms with Crippen molar-refractivity contribution in [3.8, 4) is 6.07 Å². The average Bonchev–Trinajstić information content (AvgIpc) is 3.27. The minimum absolute atomic E-state index is 0.166. The van der Waals surface area contributed by atoms with Crippen molar-refractivity contribution in [2.75, 3.05) is 31.1 Å². The van der Waals surface area contributed by atoms with Gasteiger partial charge in [-0.3, -0.25) is 0 Å². The summed E-state index contributed by atoms with van der Waals surface area (Å²) in [6.07, 6.45) is 3.43. The van der Waals surface area contributed by atoms with E-state index in [4.69, 9.17) is 16.0 Å². The molecule has 0 spiro atoms. The number of hydrogen-bond acceptors (Lipinski definition) is 6. The van der Waals surface area contributed by atoms with Gasteiger partial charge in [0.15, 0.2) is 0 Å². The lowest BCUT2D eigenvalue weighted by Crippen LogP contribution is -2.48. The van der Waals surface area contributed by atoms with Crippen molar-refractivity contribution in [3.63, 3.8) is 0 Å². The maximum atomic E-state index is 13.1. The number of nitrogens with zero attached hydrogens (tertiary/aromatic N) is 4. The predicted octanol–water partition coefficient (Wildman–Crippen LogP) is 5.00. The Labute approximate surface area is 204 Å². The Morgan fingerprint density at radius 2 is 1.74 bits per heavy atom.